The van der Waals surface area contributed by atoms with Crippen LogP contribution in [0.3, 0.4) is 0 Å². The molecule has 8 heteroatoms. The SMILES string of the molecule is COc1ccccc1CCNCCCCC(=O)c1ccc(OC)c(S(=O)(=O)NC(C)C)c1. The van der Waals surface area contributed by atoms with Crippen molar-refractivity contribution in [3.8, 4) is 11.5 Å². The minimum absolute atomic E-state index is 0.0162. The summed E-state index contributed by atoms with van der Waals surface area (Å²) in [5.41, 5.74) is 1.54. The molecule has 32 heavy (non-hydrogen) atoms. The van der Waals surface area contributed by atoms with E-state index in [1.807, 2.05) is 18.2 Å². The van der Waals surface area contributed by atoms with E-state index in [1.165, 1.54) is 19.2 Å². The first-order chi connectivity index (χ1) is 15.3. The van der Waals surface area contributed by atoms with E-state index in [2.05, 4.69) is 16.1 Å². The van der Waals surface area contributed by atoms with Crippen molar-refractivity contribution in [1.82, 2.24) is 10.0 Å². The van der Waals surface area contributed by atoms with E-state index >= 15 is 0 Å². The van der Waals surface area contributed by atoms with Crippen molar-refractivity contribution in [3.05, 3.63) is 53.6 Å². The molecule has 2 rings (SSSR count). The van der Waals surface area contributed by atoms with Crippen molar-refractivity contribution in [2.75, 3.05) is 27.3 Å². The Kier molecular flexibility index (Phi) is 10.2. The minimum Gasteiger partial charge on any atom is -0.496 e. The molecule has 0 unspecified atom stereocenters. The van der Waals surface area contributed by atoms with Gasteiger partial charge in [-0.25, -0.2) is 13.1 Å². The van der Waals surface area contributed by atoms with E-state index in [4.69, 9.17) is 9.47 Å². The third-order valence-corrected chi connectivity index (χ3v) is 6.62. The van der Waals surface area contributed by atoms with Gasteiger partial charge in [0.2, 0.25) is 10.0 Å². The number of hydrogen-bond acceptors (Lipinski definition) is 6. The summed E-state index contributed by atoms with van der Waals surface area (Å²) in [6.45, 7) is 5.12. The fraction of sp³-hybridized carbons (Fsp3) is 0.458. The Labute approximate surface area is 191 Å². The normalized spacial score (nSPS) is 11.5. The molecule has 0 saturated heterocycles. The van der Waals surface area contributed by atoms with Crippen LogP contribution in [-0.2, 0) is 16.4 Å². The topological polar surface area (TPSA) is 93.7 Å². The molecule has 0 aliphatic heterocycles. The van der Waals surface area contributed by atoms with Gasteiger partial charge in [0.25, 0.3) is 0 Å². The fourth-order valence-corrected chi connectivity index (χ4v) is 4.82. The van der Waals surface area contributed by atoms with E-state index in [-0.39, 0.29) is 22.5 Å². The molecule has 0 aliphatic carbocycles. The molecule has 0 fully saturated rings. The predicted octanol–water partition coefficient (Wildman–Crippen LogP) is 3.58. The van der Waals surface area contributed by atoms with Gasteiger partial charge in [-0.2, -0.15) is 0 Å². The molecule has 0 saturated carbocycles. The number of unbranched alkanes of at least 4 members (excludes halogenated alkanes) is 1. The second kappa shape index (κ2) is 12.6. The van der Waals surface area contributed by atoms with Gasteiger partial charge < -0.3 is 14.8 Å². The van der Waals surface area contributed by atoms with Crippen LogP contribution in [0.4, 0.5) is 0 Å². The van der Waals surface area contributed by atoms with E-state index < -0.39 is 10.0 Å². The van der Waals surface area contributed by atoms with Crippen LogP contribution >= 0.6 is 0 Å². The minimum atomic E-state index is -3.77. The van der Waals surface area contributed by atoms with Crippen molar-refractivity contribution in [2.24, 2.45) is 0 Å². The summed E-state index contributed by atoms with van der Waals surface area (Å²) in [4.78, 5) is 12.6. The first-order valence-electron chi connectivity index (χ1n) is 10.8. The summed E-state index contributed by atoms with van der Waals surface area (Å²) in [5, 5.41) is 3.39. The molecule has 2 aromatic carbocycles. The van der Waals surface area contributed by atoms with Crippen molar-refractivity contribution in [3.63, 3.8) is 0 Å². The van der Waals surface area contributed by atoms with Crippen LogP contribution in [-0.4, -0.2) is 47.6 Å². The van der Waals surface area contributed by atoms with Crippen molar-refractivity contribution >= 4 is 15.8 Å². The number of benzene rings is 2. The number of ether oxygens (including phenoxy) is 2. The lowest BCUT2D eigenvalue weighted by atomic mass is 10.1. The monoisotopic (exact) mass is 462 g/mol. The molecular weight excluding hydrogens is 428 g/mol. The Hall–Kier alpha value is -2.42. The smallest absolute Gasteiger partial charge is 0.244 e. The fourth-order valence-electron chi connectivity index (χ4n) is 3.37. The summed E-state index contributed by atoms with van der Waals surface area (Å²) in [6, 6.07) is 12.2. The Morgan fingerprint density at radius 3 is 2.38 bits per heavy atom. The second-order valence-electron chi connectivity index (χ2n) is 7.83. The first kappa shape index (κ1) is 25.8. The third kappa shape index (κ3) is 7.62. The Morgan fingerprint density at radius 1 is 0.969 bits per heavy atom. The average Bonchev–Trinajstić information content (AvgIpc) is 2.77. The zero-order chi connectivity index (χ0) is 23.6. The number of para-hydroxylation sites is 1. The van der Waals surface area contributed by atoms with Crippen LogP contribution < -0.4 is 19.5 Å². The quantitative estimate of drug-likeness (QED) is 0.329. The molecule has 0 bridgehead atoms. The largest absolute Gasteiger partial charge is 0.496 e. The van der Waals surface area contributed by atoms with Crippen LogP contribution in [0.1, 0.15) is 49.0 Å². The number of carbonyl (C=O) groups is 1. The van der Waals surface area contributed by atoms with Gasteiger partial charge in [0.15, 0.2) is 5.78 Å². The summed E-state index contributed by atoms with van der Waals surface area (Å²) in [6.07, 6.45) is 2.81. The summed E-state index contributed by atoms with van der Waals surface area (Å²) in [7, 11) is -0.687. The lowest BCUT2D eigenvalue weighted by molar-refractivity contribution is 0.0979. The van der Waals surface area contributed by atoms with Gasteiger partial charge >= 0.3 is 0 Å². The molecule has 2 aromatic rings. The lowest BCUT2D eigenvalue weighted by Gasteiger charge is -2.14. The molecule has 0 spiro atoms. The van der Waals surface area contributed by atoms with Crippen molar-refractivity contribution < 1.29 is 22.7 Å². The maximum atomic E-state index is 12.6. The number of hydrogen-bond donors (Lipinski definition) is 2. The molecule has 0 radical (unpaired) electrons. The zero-order valence-corrected chi connectivity index (χ0v) is 20.1. The Bertz CT molecular complexity index is 990. The van der Waals surface area contributed by atoms with Crippen LogP contribution in [0.15, 0.2) is 47.4 Å². The second-order valence-corrected chi connectivity index (χ2v) is 9.52. The highest BCUT2D eigenvalue weighted by Gasteiger charge is 2.22. The maximum absolute atomic E-state index is 12.6. The average molecular weight is 463 g/mol. The molecule has 0 heterocycles. The molecule has 2 N–H and O–H groups in total. The summed E-state index contributed by atoms with van der Waals surface area (Å²) in [5.74, 6) is 1.03. The van der Waals surface area contributed by atoms with E-state index in [0.717, 1.165) is 43.7 Å². The van der Waals surface area contributed by atoms with Gasteiger partial charge in [-0.05, 0) is 76.0 Å². The van der Waals surface area contributed by atoms with Gasteiger partial charge in [0.1, 0.15) is 16.4 Å². The molecule has 0 amide bonds. The standard InChI is InChI=1S/C24H34N2O5S/c1-18(2)26-32(28,29)24-17-20(12-13-23(24)31-4)21(27)10-7-8-15-25-16-14-19-9-5-6-11-22(19)30-3/h5-6,9,11-13,17-18,25-26H,7-8,10,14-16H2,1-4H3. The number of methoxy groups -OCH3 is 2. The predicted molar refractivity (Wildman–Crippen MR) is 126 cm³/mol. The van der Waals surface area contributed by atoms with Crippen LogP contribution in [0.25, 0.3) is 0 Å². The number of ketones is 1. The van der Waals surface area contributed by atoms with E-state index in [1.54, 1.807) is 27.0 Å². The number of rotatable bonds is 14. The van der Waals surface area contributed by atoms with Crippen LogP contribution in [0, 0.1) is 0 Å². The summed E-state index contributed by atoms with van der Waals surface area (Å²) >= 11 is 0. The van der Waals surface area contributed by atoms with Gasteiger partial charge in [-0.15, -0.1) is 0 Å². The van der Waals surface area contributed by atoms with Gasteiger partial charge in [-0.1, -0.05) is 18.2 Å². The maximum Gasteiger partial charge on any atom is 0.244 e. The highest BCUT2D eigenvalue weighted by molar-refractivity contribution is 7.89. The molecule has 0 atom stereocenters. The van der Waals surface area contributed by atoms with Crippen LogP contribution in [0.2, 0.25) is 0 Å². The van der Waals surface area contributed by atoms with Crippen molar-refractivity contribution in [1.29, 1.82) is 0 Å². The Balaban J connectivity index is 1.82. The molecule has 0 aromatic heterocycles. The molecule has 176 valence electrons. The molecular formula is C24H34N2O5S. The number of sulfonamides is 1. The third-order valence-electron chi connectivity index (χ3n) is 4.94. The van der Waals surface area contributed by atoms with Gasteiger partial charge in [0.05, 0.1) is 14.2 Å². The first-order valence-corrected chi connectivity index (χ1v) is 12.3. The lowest BCUT2D eigenvalue weighted by Crippen LogP contribution is -2.30. The van der Waals surface area contributed by atoms with Gasteiger partial charge in [0, 0.05) is 18.0 Å². The van der Waals surface area contributed by atoms with Crippen molar-refractivity contribution in [2.45, 2.75) is 50.5 Å². The van der Waals surface area contributed by atoms with E-state index in [0.29, 0.717) is 12.0 Å². The highest BCUT2D eigenvalue weighted by atomic mass is 32.2. The number of carbonyl (C=O) groups excluding carboxylic acids is 1. The molecule has 0 aliphatic rings. The van der Waals surface area contributed by atoms with E-state index in [9.17, 15) is 13.2 Å². The molecule has 7 nitrogen and oxygen atoms in total. The number of Topliss-reactive ketones (excluding diaryl/α,β-unsaturated/α-hetero) is 1. The summed E-state index contributed by atoms with van der Waals surface area (Å²) < 4.78 is 38.2. The van der Waals surface area contributed by atoms with Gasteiger partial charge in [-0.3, -0.25) is 4.79 Å². The van der Waals surface area contributed by atoms with Crippen LogP contribution in [0.5, 0.6) is 11.5 Å². The zero-order valence-electron chi connectivity index (χ0n) is 19.3. The number of nitrogens with one attached hydrogen (secondary N) is 2. The highest BCUT2D eigenvalue weighted by Crippen LogP contribution is 2.26. The Morgan fingerprint density at radius 2 is 1.69 bits per heavy atom.